The van der Waals surface area contributed by atoms with Crippen molar-refractivity contribution in [2.75, 3.05) is 13.6 Å². The molecule has 0 saturated heterocycles. The number of benzene rings is 1. The molecule has 1 saturated carbocycles. The fourth-order valence-electron chi connectivity index (χ4n) is 2.54. The largest absolute Gasteiger partial charge is 0.341 e. The predicted molar refractivity (Wildman–Crippen MR) is 72.8 cm³/mol. The van der Waals surface area contributed by atoms with Crippen molar-refractivity contribution >= 4 is 5.91 Å². The van der Waals surface area contributed by atoms with Crippen molar-refractivity contribution in [3.63, 3.8) is 0 Å². The lowest BCUT2D eigenvalue weighted by atomic mass is 9.66. The molecule has 0 aromatic heterocycles. The van der Waals surface area contributed by atoms with E-state index in [9.17, 15) is 9.18 Å². The SMILES string of the molecule is CN(Cc1ccc(F)cc1)C(=O)CC1(CN)CCC1. The van der Waals surface area contributed by atoms with Crippen molar-refractivity contribution < 1.29 is 9.18 Å². The van der Waals surface area contributed by atoms with Crippen LogP contribution in [0, 0.1) is 11.2 Å². The van der Waals surface area contributed by atoms with Gasteiger partial charge in [-0.15, -0.1) is 0 Å². The second-order valence-corrected chi connectivity index (χ2v) is 5.61. The highest BCUT2D eigenvalue weighted by Crippen LogP contribution is 2.43. The van der Waals surface area contributed by atoms with E-state index in [1.165, 1.54) is 18.6 Å². The molecule has 3 nitrogen and oxygen atoms in total. The Morgan fingerprint density at radius 2 is 2.00 bits per heavy atom. The van der Waals surface area contributed by atoms with E-state index in [1.807, 2.05) is 0 Å². The lowest BCUT2D eigenvalue weighted by molar-refractivity contribution is -0.134. The van der Waals surface area contributed by atoms with Gasteiger partial charge in [0.25, 0.3) is 0 Å². The van der Waals surface area contributed by atoms with E-state index < -0.39 is 0 Å². The van der Waals surface area contributed by atoms with Gasteiger partial charge in [-0.25, -0.2) is 4.39 Å². The third-order valence-corrected chi connectivity index (χ3v) is 4.13. The van der Waals surface area contributed by atoms with E-state index >= 15 is 0 Å². The smallest absolute Gasteiger partial charge is 0.223 e. The summed E-state index contributed by atoms with van der Waals surface area (Å²) >= 11 is 0. The standard InChI is InChI=1S/C15H21FN2O/c1-18(10-12-3-5-13(16)6-4-12)14(19)9-15(11-17)7-2-8-15/h3-6H,2,7-11,17H2,1H3. The van der Waals surface area contributed by atoms with Crippen LogP contribution in [0.3, 0.4) is 0 Å². The molecule has 0 radical (unpaired) electrons. The normalized spacial score (nSPS) is 16.8. The number of hydrogen-bond donors (Lipinski definition) is 1. The molecule has 0 aliphatic heterocycles. The Bertz CT molecular complexity index is 434. The minimum absolute atomic E-state index is 0.0359. The van der Waals surface area contributed by atoms with Gasteiger partial charge < -0.3 is 10.6 Å². The number of hydrogen-bond acceptors (Lipinski definition) is 2. The minimum atomic E-state index is -0.255. The number of carbonyl (C=O) groups is 1. The molecule has 0 atom stereocenters. The summed E-state index contributed by atoms with van der Waals surface area (Å²) < 4.78 is 12.8. The lowest BCUT2D eigenvalue weighted by Crippen LogP contribution is -2.42. The van der Waals surface area contributed by atoms with Crippen LogP contribution in [0.1, 0.15) is 31.2 Å². The van der Waals surface area contributed by atoms with Gasteiger partial charge in [0.15, 0.2) is 0 Å². The Balaban J connectivity index is 1.90. The van der Waals surface area contributed by atoms with Gasteiger partial charge in [-0.05, 0) is 42.5 Å². The Kier molecular flexibility index (Phi) is 4.20. The van der Waals surface area contributed by atoms with Crippen molar-refractivity contribution in [2.45, 2.75) is 32.2 Å². The number of nitrogens with zero attached hydrogens (tertiary/aromatic N) is 1. The first-order valence-corrected chi connectivity index (χ1v) is 6.73. The average molecular weight is 264 g/mol. The number of nitrogens with two attached hydrogens (primary N) is 1. The highest BCUT2D eigenvalue weighted by molar-refractivity contribution is 5.76. The van der Waals surface area contributed by atoms with Gasteiger partial charge in [0.05, 0.1) is 0 Å². The van der Waals surface area contributed by atoms with Gasteiger partial charge >= 0.3 is 0 Å². The molecule has 1 amide bonds. The third kappa shape index (κ3) is 3.32. The fraction of sp³-hybridized carbons (Fsp3) is 0.533. The molecule has 1 aliphatic carbocycles. The number of halogens is 1. The summed E-state index contributed by atoms with van der Waals surface area (Å²) in [5.74, 6) is -0.135. The van der Waals surface area contributed by atoms with Gasteiger partial charge in [0, 0.05) is 20.0 Å². The zero-order valence-corrected chi connectivity index (χ0v) is 11.4. The molecule has 4 heteroatoms. The topological polar surface area (TPSA) is 46.3 Å². The Hall–Kier alpha value is -1.42. The van der Waals surface area contributed by atoms with Crippen LogP contribution in [-0.4, -0.2) is 24.4 Å². The van der Waals surface area contributed by atoms with Crippen LogP contribution in [0.2, 0.25) is 0 Å². The molecule has 0 heterocycles. The molecule has 1 aliphatic rings. The second kappa shape index (κ2) is 5.70. The van der Waals surface area contributed by atoms with Crippen LogP contribution >= 0.6 is 0 Å². The summed E-state index contributed by atoms with van der Waals surface area (Å²) in [7, 11) is 1.79. The molecular weight excluding hydrogens is 243 g/mol. The Labute approximate surface area is 113 Å². The molecule has 1 fully saturated rings. The van der Waals surface area contributed by atoms with Crippen molar-refractivity contribution in [3.05, 3.63) is 35.6 Å². The Morgan fingerprint density at radius 1 is 1.37 bits per heavy atom. The average Bonchev–Trinajstić information content (AvgIpc) is 2.36. The summed E-state index contributed by atoms with van der Waals surface area (Å²) in [5.41, 5.74) is 6.75. The number of carbonyl (C=O) groups excluding carboxylic acids is 1. The molecule has 0 unspecified atom stereocenters. The summed E-state index contributed by atoms with van der Waals surface area (Å²) in [6, 6.07) is 6.25. The van der Waals surface area contributed by atoms with E-state index in [0.717, 1.165) is 18.4 Å². The molecule has 19 heavy (non-hydrogen) atoms. The zero-order valence-electron chi connectivity index (χ0n) is 11.4. The number of rotatable bonds is 5. The predicted octanol–water partition coefficient (Wildman–Crippen LogP) is 2.30. The first-order valence-electron chi connectivity index (χ1n) is 6.73. The van der Waals surface area contributed by atoms with E-state index in [1.54, 1.807) is 24.1 Å². The van der Waals surface area contributed by atoms with Gasteiger partial charge in [0.1, 0.15) is 5.82 Å². The van der Waals surface area contributed by atoms with Crippen LogP contribution in [0.4, 0.5) is 4.39 Å². The summed E-state index contributed by atoms with van der Waals surface area (Å²) in [5, 5.41) is 0. The maximum atomic E-state index is 12.8. The first kappa shape index (κ1) is 14.0. The molecule has 1 aromatic rings. The van der Waals surface area contributed by atoms with E-state index in [0.29, 0.717) is 19.5 Å². The second-order valence-electron chi connectivity index (χ2n) is 5.61. The van der Waals surface area contributed by atoms with Crippen LogP contribution in [0.25, 0.3) is 0 Å². The maximum absolute atomic E-state index is 12.8. The van der Waals surface area contributed by atoms with Crippen LogP contribution in [-0.2, 0) is 11.3 Å². The minimum Gasteiger partial charge on any atom is -0.341 e. The third-order valence-electron chi connectivity index (χ3n) is 4.13. The molecule has 0 bridgehead atoms. The van der Waals surface area contributed by atoms with Crippen molar-refractivity contribution in [1.82, 2.24) is 4.90 Å². The van der Waals surface area contributed by atoms with Crippen molar-refractivity contribution in [3.8, 4) is 0 Å². The van der Waals surface area contributed by atoms with Crippen molar-refractivity contribution in [2.24, 2.45) is 11.1 Å². The van der Waals surface area contributed by atoms with Gasteiger partial charge in [-0.1, -0.05) is 18.6 Å². The van der Waals surface area contributed by atoms with Crippen LogP contribution in [0.5, 0.6) is 0 Å². The molecule has 104 valence electrons. The zero-order chi connectivity index (χ0) is 13.9. The van der Waals surface area contributed by atoms with E-state index in [-0.39, 0.29) is 17.1 Å². The van der Waals surface area contributed by atoms with Gasteiger partial charge in [-0.2, -0.15) is 0 Å². The first-order chi connectivity index (χ1) is 9.04. The summed E-state index contributed by atoms with van der Waals surface area (Å²) in [6.45, 7) is 1.10. The van der Waals surface area contributed by atoms with Gasteiger partial charge in [0.2, 0.25) is 5.91 Å². The molecule has 2 N–H and O–H groups in total. The van der Waals surface area contributed by atoms with Gasteiger partial charge in [-0.3, -0.25) is 4.79 Å². The maximum Gasteiger partial charge on any atom is 0.223 e. The summed E-state index contributed by atoms with van der Waals surface area (Å²) in [4.78, 5) is 13.9. The highest BCUT2D eigenvalue weighted by atomic mass is 19.1. The molecular formula is C15H21FN2O. The molecule has 0 spiro atoms. The fourth-order valence-corrected chi connectivity index (χ4v) is 2.54. The van der Waals surface area contributed by atoms with E-state index in [4.69, 9.17) is 5.73 Å². The molecule has 2 rings (SSSR count). The monoisotopic (exact) mass is 264 g/mol. The molecule has 1 aromatic carbocycles. The van der Waals surface area contributed by atoms with Crippen LogP contribution < -0.4 is 5.73 Å². The van der Waals surface area contributed by atoms with Crippen LogP contribution in [0.15, 0.2) is 24.3 Å². The quantitative estimate of drug-likeness (QED) is 0.887. The van der Waals surface area contributed by atoms with E-state index in [2.05, 4.69) is 0 Å². The number of amides is 1. The lowest BCUT2D eigenvalue weighted by Gasteiger charge is -2.41. The highest BCUT2D eigenvalue weighted by Gasteiger charge is 2.38. The Morgan fingerprint density at radius 3 is 2.47 bits per heavy atom. The van der Waals surface area contributed by atoms with Crippen molar-refractivity contribution in [1.29, 1.82) is 0 Å². The summed E-state index contributed by atoms with van der Waals surface area (Å²) in [6.07, 6.45) is 3.81.